The summed E-state index contributed by atoms with van der Waals surface area (Å²) in [5.74, 6) is -0.826. The molecule has 34 heavy (non-hydrogen) atoms. The molecule has 0 unspecified atom stereocenters. The molecule has 1 aliphatic rings. The van der Waals surface area contributed by atoms with E-state index in [4.69, 9.17) is 11.6 Å². The number of sulfonamides is 1. The standard InChI is InChI=1S/C23H18ClF2N5O2S/c1-2-34(32,33)31-10-8-30(9-11-31)23-16-12-27-21(20(26)22(16)28-13-29-23)15-5-3-4-14-6-7-17(25)19(24)18(14)15/h2-7,12-13H,1,8-11H2. The lowest BCUT2D eigenvalue weighted by molar-refractivity contribution is 0.389. The van der Waals surface area contributed by atoms with E-state index < -0.39 is 21.7 Å². The van der Waals surface area contributed by atoms with Crippen LogP contribution in [0.1, 0.15) is 0 Å². The number of aromatic nitrogens is 3. The summed E-state index contributed by atoms with van der Waals surface area (Å²) in [5, 5.41) is 2.23. The van der Waals surface area contributed by atoms with Crippen molar-refractivity contribution >= 4 is 49.1 Å². The summed E-state index contributed by atoms with van der Waals surface area (Å²) in [6.07, 6.45) is 2.73. The number of fused-ring (bicyclic) bond motifs is 2. The first-order valence-corrected chi connectivity index (χ1v) is 12.2. The van der Waals surface area contributed by atoms with Crippen molar-refractivity contribution < 1.29 is 17.2 Å². The zero-order chi connectivity index (χ0) is 24.0. The average Bonchev–Trinajstić information content (AvgIpc) is 2.86. The Bertz CT molecular complexity index is 1560. The van der Waals surface area contributed by atoms with Crippen LogP contribution in [0.4, 0.5) is 14.6 Å². The fourth-order valence-corrected chi connectivity index (χ4v) is 5.34. The molecule has 1 saturated heterocycles. The van der Waals surface area contributed by atoms with Crippen molar-refractivity contribution in [3.63, 3.8) is 0 Å². The molecule has 1 aliphatic heterocycles. The van der Waals surface area contributed by atoms with Crippen molar-refractivity contribution in [1.82, 2.24) is 19.3 Å². The highest BCUT2D eigenvalue weighted by molar-refractivity contribution is 7.92. The lowest BCUT2D eigenvalue weighted by Gasteiger charge is -2.34. The number of nitrogens with zero attached hydrogens (tertiary/aromatic N) is 5. The topological polar surface area (TPSA) is 79.3 Å². The van der Waals surface area contributed by atoms with E-state index in [0.717, 1.165) is 5.41 Å². The predicted molar refractivity (Wildman–Crippen MR) is 128 cm³/mol. The van der Waals surface area contributed by atoms with Crippen LogP contribution in [0.2, 0.25) is 5.02 Å². The van der Waals surface area contributed by atoms with Gasteiger partial charge in [0.15, 0.2) is 5.82 Å². The van der Waals surface area contributed by atoms with Crippen LogP contribution in [-0.4, -0.2) is 53.9 Å². The predicted octanol–water partition coefficient (Wildman–Crippen LogP) is 4.37. The Morgan fingerprint density at radius 2 is 1.79 bits per heavy atom. The first-order valence-electron chi connectivity index (χ1n) is 10.4. The molecule has 0 aliphatic carbocycles. The van der Waals surface area contributed by atoms with E-state index in [-0.39, 0.29) is 29.3 Å². The van der Waals surface area contributed by atoms with Crippen LogP contribution in [0, 0.1) is 11.6 Å². The molecule has 2 aromatic carbocycles. The Balaban J connectivity index is 1.58. The highest BCUT2D eigenvalue weighted by Gasteiger charge is 2.27. The van der Waals surface area contributed by atoms with Gasteiger partial charge in [-0.15, -0.1) is 0 Å². The van der Waals surface area contributed by atoms with Crippen molar-refractivity contribution in [1.29, 1.82) is 0 Å². The first kappa shape index (κ1) is 22.6. The van der Waals surface area contributed by atoms with Crippen LogP contribution in [0.3, 0.4) is 0 Å². The number of hydrogen-bond acceptors (Lipinski definition) is 6. The smallest absolute Gasteiger partial charge is 0.235 e. The van der Waals surface area contributed by atoms with Gasteiger partial charge in [0.1, 0.15) is 29.2 Å². The van der Waals surface area contributed by atoms with E-state index in [9.17, 15) is 12.8 Å². The number of pyridine rings is 1. The fraction of sp³-hybridized carbons (Fsp3) is 0.174. The minimum atomic E-state index is -3.51. The van der Waals surface area contributed by atoms with Gasteiger partial charge in [-0.25, -0.2) is 27.2 Å². The van der Waals surface area contributed by atoms with Gasteiger partial charge < -0.3 is 4.90 Å². The van der Waals surface area contributed by atoms with Gasteiger partial charge >= 0.3 is 0 Å². The second-order valence-corrected chi connectivity index (χ2v) is 10.0. The number of halogens is 3. The largest absolute Gasteiger partial charge is 0.353 e. The second kappa shape index (κ2) is 8.53. The van der Waals surface area contributed by atoms with Gasteiger partial charge in [0.2, 0.25) is 10.0 Å². The molecule has 11 heteroatoms. The quantitative estimate of drug-likeness (QED) is 0.413. The molecule has 0 radical (unpaired) electrons. The van der Waals surface area contributed by atoms with Crippen LogP contribution >= 0.6 is 11.6 Å². The summed E-state index contributed by atoms with van der Waals surface area (Å²) in [6, 6.07) is 7.95. The van der Waals surface area contributed by atoms with E-state index in [1.165, 1.54) is 22.9 Å². The summed E-state index contributed by atoms with van der Waals surface area (Å²) < 4.78 is 55.3. The highest BCUT2D eigenvalue weighted by atomic mass is 35.5. The molecule has 0 amide bonds. The van der Waals surface area contributed by atoms with Gasteiger partial charge in [-0.2, -0.15) is 4.31 Å². The molecule has 0 spiro atoms. The minimum Gasteiger partial charge on any atom is -0.353 e. The maximum absolute atomic E-state index is 15.7. The molecule has 0 atom stereocenters. The molecule has 4 aromatic rings. The normalized spacial score (nSPS) is 15.2. The average molecular weight is 502 g/mol. The molecule has 5 rings (SSSR count). The summed E-state index contributed by atoms with van der Waals surface area (Å²) in [5.41, 5.74) is 0.405. The SMILES string of the molecule is C=CS(=O)(=O)N1CCN(c2ncnc3c(F)c(-c4cccc5ccc(F)c(Cl)c45)ncc23)CC1. The third-order valence-corrected chi connectivity index (χ3v) is 7.78. The maximum Gasteiger partial charge on any atom is 0.235 e. The minimum absolute atomic E-state index is 0.00264. The fourth-order valence-electron chi connectivity index (χ4n) is 4.18. The van der Waals surface area contributed by atoms with Crippen LogP contribution in [0.25, 0.3) is 32.9 Å². The van der Waals surface area contributed by atoms with Crippen molar-refractivity contribution in [2.24, 2.45) is 0 Å². The summed E-state index contributed by atoms with van der Waals surface area (Å²) in [7, 11) is -3.51. The van der Waals surface area contributed by atoms with Gasteiger partial charge in [0.05, 0.1) is 10.4 Å². The molecule has 0 N–H and O–H groups in total. The number of piperazine rings is 1. The molecular formula is C23H18ClF2N5O2S. The zero-order valence-electron chi connectivity index (χ0n) is 17.7. The van der Waals surface area contributed by atoms with Gasteiger partial charge in [0.25, 0.3) is 0 Å². The van der Waals surface area contributed by atoms with E-state index in [1.54, 1.807) is 24.3 Å². The number of hydrogen-bond donors (Lipinski definition) is 0. The molecule has 2 aromatic heterocycles. The summed E-state index contributed by atoms with van der Waals surface area (Å²) in [4.78, 5) is 14.6. The van der Waals surface area contributed by atoms with Gasteiger partial charge in [-0.05, 0) is 11.5 Å². The van der Waals surface area contributed by atoms with E-state index in [0.29, 0.717) is 40.6 Å². The van der Waals surface area contributed by atoms with Gasteiger partial charge in [-0.1, -0.05) is 42.4 Å². The highest BCUT2D eigenvalue weighted by Crippen LogP contribution is 2.37. The van der Waals surface area contributed by atoms with Crippen molar-refractivity contribution in [2.45, 2.75) is 0 Å². The Labute approximate surface area is 199 Å². The van der Waals surface area contributed by atoms with E-state index in [1.807, 2.05) is 4.90 Å². The van der Waals surface area contributed by atoms with Crippen molar-refractivity contribution in [3.8, 4) is 11.3 Å². The molecule has 3 heterocycles. The zero-order valence-corrected chi connectivity index (χ0v) is 19.3. The van der Waals surface area contributed by atoms with Crippen molar-refractivity contribution in [2.75, 3.05) is 31.1 Å². The molecule has 1 fully saturated rings. The van der Waals surface area contributed by atoms with Gasteiger partial charge in [0, 0.05) is 48.7 Å². The van der Waals surface area contributed by atoms with Crippen LogP contribution < -0.4 is 4.90 Å². The van der Waals surface area contributed by atoms with Crippen molar-refractivity contribution in [3.05, 3.63) is 71.5 Å². The van der Waals surface area contributed by atoms with Crippen LogP contribution in [0.15, 0.2) is 54.8 Å². The van der Waals surface area contributed by atoms with Crippen LogP contribution in [-0.2, 0) is 10.0 Å². The lowest BCUT2D eigenvalue weighted by atomic mass is 10.0. The number of rotatable bonds is 4. The first-order chi connectivity index (χ1) is 16.3. The Kier molecular flexibility index (Phi) is 5.67. The maximum atomic E-state index is 15.7. The number of anilines is 1. The molecule has 0 bridgehead atoms. The van der Waals surface area contributed by atoms with E-state index >= 15 is 4.39 Å². The van der Waals surface area contributed by atoms with Gasteiger partial charge in [-0.3, -0.25) is 4.98 Å². The Morgan fingerprint density at radius 3 is 2.53 bits per heavy atom. The molecule has 0 saturated carbocycles. The third kappa shape index (κ3) is 3.67. The lowest BCUT2D eigenvalue weighted by Crippen LogP contribution is -2.48. The molecular weight excluding hydrogens is 484 g/mol. The third-order valence-electron chi connectivity index (χ3n) is 5.90. The molecule has 174 valence electrons. The number of benzene rings is 2. The molecule has 7 nitrogen and oxygen atoms in total. The van der Waals surface area contributed by atoms with E-state index in [2.05, 4.69) is 21.5 Å². The summed E-state index contributed by atoms with van der Waals surface area (Å²) in [6.45, 7) is 4.57. The monoisotopic (exact) mass is 501 g/mol. The van der Waals surface area contributed by atoms with Crippen LogP contribution in [0.5, 0.6) is 0 Å². The Hall–Kier alpha value is -3.21. The summed E-state index contributed by atoms with van der Waals surface area (Å²) >= 11 is 6.22. The Morgan fingerprint density at radius 1 is 1.03 bits per heavy atom. The second-order valence-electron chi connectivity index (χ2n) is 7.74.